The van der Waals surface area contributed by atoms with E-state index in [1.54, 1.807) is 23.9 Å². The quantitative estimate of drug-likeness (QED) is 0.709. The van der Waals surface area contributed by atoms with Crippen molar-refractivity contribution < 1.29 is 19.7 Å². The number of carboxylic acids is 1. The van der Waals surface area contributed by atoms with Gasteiger partial charge < -0.3 is 14.9 Å². The minimum absolute atomic E-state index is 0.204. The van der Waals surface area contributed by atoms with E-state index in [2.05, 4.69) is 6.92 Å². The third kappa shape index (κ3) is 5.42. The number of hydrogen-bond acceptors (Lipinski definition) is 4. The third-order valence-electron chi connectivity index (χ3n) is 2.37. The highest BCUT2D eigenvalue weighted by Gasteiger charge is 2.04. The molecule has 0 aromatic heterocycles. The van der Waals surface area contributed by atoms with Crippen molar-refractivity contribution in [2.24, 2.45) is 0 Å². The van der Waals surface area contributed by atoms with E-state index in [-0.39, 0.29) is 12.2 Å². The van der Waals surface area contributed by atoms with Crippen LogP contribution in [-0.2, 0) is 0 Å². The van der Waals surface area contributed by atoms with Gasteiger partial charge in [0, 0.05) is 17.6 Å². The summed E-state index contributed by atoms with van der Waals surface area (Å²) in [5.41, 5.74) is 0.230. The molecule has 0 aliphatic heterocycles. The maximum absolute atomic E-state index is 10.8. The van der Waals surface area contributed by atoms with Crippen LogP contribution in [0.5, 0.6) is 5.75 Å². The topological polar surface area (TPSA) is 66.8 Å². The molecule has 1 aromatic rings. The maximum Gasteiger partial charge on any atom is 0.335 e. The van der Waals surface area contributed by atoms with Gasteiger partial charge in [-0.1, -0.05) is 13.0 Å². The van der Waals surface area contributed by atoms with Crippen LogP contribution in [0.15, 0.2) is 24.3 Å². The summed E-state index contributed by atoms with van der Waals surface area (Å²) in [5, 5.41) is 18.0. The number of rotatable bonds is 8. The Morgan fingerprint density at radius 3 is 2.94 bits per heavy atom. The Hall–Kier alpha value is -1.20. The lowest BCUT2D eigenvalue weighted by Crippen LogP contribution is -2.06. The van der Waals surface area contributed by atoms with Crippen molar-refractivity contribution in [1.82, 2.24) is 0 Å². The second kappa shape index (κ2) is 8.00. The zero-order valence-electron chi connectivity index (χ0n) is 10.3. The fourth-order valence-corrected chi connectivity index (χ4v) is 2.25. The van der Waals surface area contributed by atoms with Crippen molar-refractivity contribution in [3.63, 3.8) is 0 Å². The van der Waals surface area contributed by atoms with Gasteiger partial charge in [-0.3, -0.25) is 0 Å². The standard InChI is InChI=1S/C13H18O4S/c1-10(5-6-14)18-8-7-17-12-4-2-3-11(9-12)13(15)16/h2-4,9-10,14H,5-8H2,1H3,(H,15,16). The van der Waals surface area contributed by atoms with Crippen molar-refractivity contribution in [3.8, 4) is 5.75 Å². The molecular formula is C13H18O4S. The molecule has 4 nitrogen and oxygen atoms in total. The summed E-state index contributed by atoms with van der Waals surface area (Å²) < 4.78 is 5.48. The first-order valence-corrected chi connectivity index (χ1v) is 6.87. The highest BCUT2D eigenvalue weighted by atomic mass is 32.2. The molecule has 0 spiro atoms. The predicted octanol–water partition coefficient (Wildman–Crippen LogP) is 2.27. The Labute approximate surface area is 111 Å². The van der Waals surface area contributed by atoms with Gasteiger partial charge in [0.15, 0.2) is 0 Å². The van der Waals surface area contributed by atoms with Crippen LogP contribution in [0.1, 0.15) is 23.7 Å². The molecular weight excluding hydrogens is 252 g/mol. The van der Waals surface area contributed by atoms with Gasteiger partial charge in [-0.2, -0.15) is 11.8 Å². The van der Waals surface area contributed by atoms with Crippen LogP contribution < -0.4 is 4.74 Å². The number of hydrogen-bond donors (Lipinski definition) is 2. The highest BCUT2D eigenvalue weighted by Crippen LogP contribution is 2.16. The summed E-state index contributed by atoms with van der Waals surface area (Å²) >= 11 is 1.73. The minimum atomic E-state index is -0.952. The molecule has 0 aliphatic rings. The van der Waals surface area contributed by atoms with Gasteiger partial charge in [-0.25, -0.2) is 4.79 Å². The second-order valence-corrected chi connectivity index (χ2v) is 5.42. The Morgan fingerprint density at radius 1 is 1.50 bits per heavy atom. The number of aliphatic hydroxyl groups is 1. The number of aliphatic hydroxyl groups excluding tert-OH is 1. The van der Waals surface area contributed by atoms with E-state index in [0.717, 1.165) is 12.2 Å². The summed E-state index contributed by atoms with van der Waals surface area (Å²) in [6, 6.07) is 6.46. The van der Waals surface area contributed by atoms with E-state index in [1.165, 1.54) is 12.1 Å². The lowest BCUT2D eigenvalue weighted by atomic mass is 10.2. The molecule has 0 fully saturated rings. The normalized spacial score (nSPS) is 12.1. The molecule has 1 unspecified atom stereocenters. The van der Waals surface area contributed by atoms with Gasteiger partial charge in [0.2, 0.25) is 0 Å². The lowest BCUT2D eigenvalue weighted by molar-refractivity contribution is 0.0696. The van der Waals surface area contributed by atoms with Crippen LogP contribution in [-0.4, -0.2) is 40.4 Å². The van der Waals surface area contributed by atoms with Gasteiger partial charge in [0.1, 0.15) is 5.75 Å². The van der Waals surface area contributed by atoms with E-state index in [1.807, 2.05) is 0 Å². The minimum Gasteiger partial charge on any atom is -0.493 e. The number of benzene rings is 1. The second-order valence-electron chi connectivity index (χ2n) is 3.88. The first kappa shape index (κ1) is 14.9. The summed E-state index contributed by atoms with van der Waals surface area (Å²) in [5.74, 6) is 0.440. The first-order chi connectivity index (χ1) is 8.63. The van der Waals surface area contributed by atoms with Gasteiger partial charge in [-0.05, 0) is 24.6 Å². The number of ether oxygens (including phenoxy) is 1. The van der Waals surface area contributed by atoms with Crippen molar-refractivity contribution in [1.29, 1.82) is 0 Å². The van der Waals surface area contributed by atoms with Crippen LogP contribution >= 0.6 is 11.8 Å². The monoisotopic (exact) mass is 270 g/mol. The molecule has 0 amide bonds. The molecule has 0 bridgehead atoms. The first-order valence-electron chi connectivity index (χ1n) is 5.82. The molecule has 0 saturated heterocycles. The summed E-state index contributed by atoms with van der Waals surface area (Å²) in [6.45, 7) is 2.80. The van der Waals surface area contributed by atoms with Crippen LogP contribution in [0, 0.1) is 0 Å². The van der Waals surface area contributed by atoms with Crippen LogP contribution in [0.4, 0.5) is 0 Å². The van der Waals surface area contributed by atoms with Gasteiger partial charge in [0.05, 0.1) is 12.2 Å². The van der Waals surface area contributed by atoms with Gasteiger partial charge in [0.25, 0.3) is 0 Å². The molecule has 1 rings (SSSR count). The highest BCUT2D eigenvalue weighted by molar-refractivity contribution is 7.99. The van der Waals surface area contributed by atoms with Crippen molar-refractivity contribution in [2.45, 2.75) is 18.6 Å². The number of carboxylic acid groups (broad SMARTS) is 1. The van der Waals surface area contributed by atoms with Gasteiger partial charge >= 0.3 is 5.97 Å². The van der Waals surface area contributed by atoms with Crippen molar-refractivity contribution >= 4 is 17.7 Å². The fourth-order valence-electron chi connectivity index (χ4n) is 1.39. The van der Waals surface area contributed by atoms with E-state index in [0.29, 0.717) is 17.6 Å². The molecule has 100 valence electrons. The summed E-state index contributed by atoms with van der Waals surface area (Å²) in [6.07, 6.45) is 0.777. The Bertz CT molecular complexity index is 381. The largest absolute Gasteiger partial charge is 0.493 e. The maximum atomic E-state index is 10.8. The molecule has 0 saturated carbocycles. The van der Waals surface area contributed by atoms with Crippen molar-refractivity contribution in [3.05, 3.63) is 29.8 Å². The average Bonchev–Trinajstić information content (AvgIpc) is 2.35. The zero-order valence-corrected chi connectivity index (χ0v) is 11.2. The third-order valence-corrected chi connectivity index (χ3v) is 3.58. The number of aromatic carboxylic acids is 1. The molecule has 1 atom stereocenters. The van der Waals surface area contributed by atoms with Crippen LogP contribution in [0.3, 0.4) is 0 Å². The molecule has 2 N–H and O–H groups in total. The Balaban J connectivity index is 2.31. The Kier molecular flexibility index (Phi) is 6.60. The van der Waals surface area contributed by atoms with E-state index < -0.39 is 5.97 Å². The van der Waals surface area contributed by atoms with Crippen molar-refractivity contribution in [2.75, 3.05) is 19.0 Å². The fraction of sp³-hybridized carbons (Fsp3) is 0.462. The molecule has 5 heteroatoms. The smallest absolute Gasteiger partial charge is 0.335 e. The van der Waals surface area contributed by atoms with Gasteiger partial charge in [-0.15, -0.1) is 0 Å². The molecule has 0 radical (unpaired) electrons. The SMILES string of the molecule is CC(CCO)SCCOc1cccc(C(=O)O)c1. The van der Waals surface area contributed by atoms with Crippen LogP contribution in [0.2, 0.25) is 0 Å². The molecule has 1 aromatic carbocycles. The molecule has 0 heterocycles. The summed E-state index contributed by atoms with van der Waals surface area (Å²) in [4.78, 5) is 10.8. The zero-order chi connectivity index (χ0) is 13.4. The number of thioether (sulfide) groups is 1. The van der Waals surface area contributed by atoms with E-state index in [9.17, 15) is 4.79 Å². The van der Waals surface area contributed by atoms with E-state index >= 15 is 0 Å². The van der Waals surface area contributed by atoms with E-state index in [4.69, 9.17) is 14.9 Å². The lowest BCUT2D eigenvalue weighted by Gasteiger charge is -2.10. The summed E-state index contributed by atoms with van der Waals surface area (Å²) in [7, 11) is 0. The Morgan fingerprint density at radius 2 is 2.28 bits per heavy atom. The van der Waals surface area contributed by atoms with Crippen LogP contribution in [0.25, 0.3) is 0 Å². The average molecular weight is 270 g/mol. The molecule has 0 aliphatic carbocycles. The predicted molar refractivity (Wildman–Crippen MR) is 72.5 cm³/mol. The number of carbonyl (C=O) groups is 1. The molecule has 18 heavy (non-hydrogen) atoms.